The van der Waals surface area contributed by atoms with E-state index in [9.17, 15) is 5.11 Å². The average Bonchev–Trinajstić information content (AvgIpc) is 2.50. The molecule has 0 saturated carbocycles. The number of hydrogen-bond acceptors (Lipinski definition) is 1. The predicted molar refractivity (Wildman–Crippen MR) is 95.6 cm³/mol. The van der Waals surface area contributed by atoms with Gasteiger partial charge in [-0.15, -0.1) is 0 Å². The molecule has 2 aromatic carbocycles. The number of hydrogen-bond donors (Lipinski definition) is 1. The second-order valence-corrected chi connectivity index (χ2v) is 6.23. The van der Waals surface area contributed by atoms with E-state index in [0.29, 0.717) is 0 Å². The summed E-state index contributed by atoms with van der Waals surface area (Å²) in [5, 5.41) is 10.9. The van der Waals surface area contributed by atoms with Gasteiger partial charge in [-0.2, -0.15) is 9.48 Å². The molecule has 3 nitrogen and oxygen atoms in total. The van der Waals surface area contributed by atoms with E-state index in [-0.39, 0.29) is 12.1 Å². The molecule has 0 bridgehead atoms. The number of rotatable bonds is 2. The van der Waals surface area contributed by atoms with Crippen molar-refractivity contribution in [2.24, 2.45) is 0 Å². The summed E-state index contributed by atoms with van der Waals surface area (Å²) in [4.78, 5) is 1.89. The molecule has 1 heterocycles. The minimum absolute atomic E-state index is 0.0967. The van der Waals surface area contributed by atoms with Crippen LogP contribution in [0.4, 0.5) is 11.4 Å². The number of aliphatic hydroxyl groups is 1. The van der Waals surface area contributed by atoms with E-state index in [1.165, 1.54) is 11.1 Å². The van der Waals surface area contributed by atoms with Gasteiger partial charge in [-0.3, -0.25) is 0 Å². The minimum atomic E-state index is 0.0967. The Morgan fingerprint density at radius 1 is 0.870 bits per heavy atom. The van der Waals surface area contributed by atoms with Gasteiger partial charge >= 0.3 is 6.02 Å². The first-order valence-corrected chi connectivity index (χ1v) is 7.94. The third-order valence-corrected chi connectivity index (χ3v) is 4.26. The summed E-state index contributed by atoms with van der Waals surface area (Å²) >= 11 is 0. The fourth-order valence-corrected chi connectivity index (χ4v) is 3.01. The Kier molecular flexibility index (Phi) is 3.95. The number of nitrogens with zero attached hydrogens (tertiary/aromatic N) is 2. The zero-order valence-electron chi connectivity index (χ0n) is 14.1. The molecule has 0 saturated heterocycles. The van der Waals surface area contributed by atoms with Crippen molar-refractivity contribution < 1.29 is 9.68 Å². The van der Waals surface area contributed by atoms with Crippen LogP contribution in [0.5, 0.6) is 0 Å². The Balaban J connectivity index is 2.10. The third kappa shape index (κ3) is 2.87. The maximum atomic E-state index is 10.9. The standard InChI is InChI=1S/C20H22N2O/c1-14-5-9-18(10-6-14)21-16(3)13-17(4)22(20(21)23)19-11-7-15(2)8-12-19/h5-13,16H,1-4H3/p+1. The molecule has 1 atom stereocenters. The van der Waals surface area contributed by atoms with Crippen molar-refractivity contribution in [2.45, 2.75) is 33.7 Å². The fraction of sp³-hybridized carbons (Fsp3) is 0.250. The third-order valence-electron chi connectivity index (χ3n) is 4.26. The normalized spacial score (nSPS) is 18.2. The summed E-state index contributed by atoms with van der Waals surface area (Å²) in [5.41, 5.74) is 5.39. The lowest BCUT2D eigenvalue weighted by Gasteiger charge is -2.25. The van der Waals surface area contributed by atoms with E-state index in [4.69, 9.17) is 0 Å². The van der Waals surface area contributed by atoms with Crippen LogP contribution in [0.3, 0.4) is 0 Å². The summed E-state index contributed by atoms with van der Waals surface area (Å²) in [6, 6.07) is 16.7. The average molecular weight is 307 g/mol. The Morgan fingerprint density at radius 2 is 1.39 bits per heavy atom. The maximum absolute atomic E-state index is 10.9. The fourth-order valence-electron chi connectivity index (χ4n) is 3.01. The summed E-state index contributed by atoms with van der Waals surface area (Å²) in [6.45, 7) is 8.24. The largest absolute Gasteiger partial charge is 0.459 e. The van der Waals surface area contributed by atoms with Crippen molar-refractivity contribution in [3.63, 3.8) is 0 Å². The van der Waals surface area contributed by atoms with Crippen LogP contribution in [-0.4, -0.2) is 21.7 Å². The molecule has 3 heteroatoms. The lowest BCUT2D eigenvalue weighted by Crippen LogP contribution is -2.42. The van der Waals surface area contributed by atoms with Crippen molar-refractivity contribution in [3.8, 4) is 0 Å². The van der Waals surface area contributed by atoms with Gasteiger partial charge in [0.05, 0.1) is 0 Å². The van der Waals surface area contributed by atoms with E-state index in [0.717, 1.165) is 17.1 Å². The second-order valence-electron chi connectivity index (χ2n) is 6.23. The number of allylic oxidation sites excluding steroid dienone is 1. The van der Waals surface area contributed by atoms with Crippen LogP contribution in [-0.2, 0) is 0 Å². The molecule has 0 spiro atoms. The zero-order valence-corrected chi connectivity index (χ0v) is 14.1. The molecule has 1 N–H and O–H groups in total. The summed E-state index contributed by atoms with van der Waals surface area (Å²) < 4.78 is 1.95. The van der Waals surface area contributed by atoms with Gasteiger partial charge in [0.25, 0.3) is 0 Å². The number of benzene rings is 2. The van der Waals surface area contributed by atoms with Crippen molar-refractivity contribution in [1.29, 1.82) is 0 Å². The Hall–Kier alpha value is -2.55. The molecule has 1 aliphatic heterocycles. The zero-order chi connectivity index (χ0) is 16.6. The second kappa shape index (κ2) is 5.92. The van der Waals surface area contributed by atoms with E-state index in [1.54, 1.807) is 0 Å². The van der Waals surface area contributed by atoms with E-state index < -0.39 is 0 Å². The Morgan fingerprint density at radius 3 is 1.96 bits per heavy atom. The lowest BCUT2D eigenvalue weighted by atomic mass is 10.1. The number of aliphatic hydroxyl groups excluding tert-OH is 1. The quantitative estimate of drug-likeness (QED) is 0.816. The highest BCUT2D eigenvalue weighted by Crippen LogP contribution is 2.27. The van der Waals surface area contributed by atoms with E-state index in [2.05, 4.69) is 51.1 Å². The number of aryl methyl sites for hydroxylation is 2. The van der Waals surface area contributed by atoms with E-state index >= 15 is 0 Å². The van der Waals surface area contributed by atoms with Crippen molar-refractivity contribution >= 4 is 17.4 Å². The van der Waals surface area contributed by atoms with Gasteiger partial charge in [0.2, 0.25) is 0 Å². The first kappa shape index (κ1) is 15.3. The van der Waals surface area contributed by atoms with E-state index in [1.807, 2.05) is 40.7 Å². The molecule has 0 fully saturated rings. The Bertz CT molecular complexity index is 770. The maximum Gasteiger partial charge on any atom is 0.459 e. The van der Waals surface area contributed by atoms with Gasteiger partial charge in [0, 0.05) is 6.08 Å². The summed E-state index contributed by atoms with van der Waals surface area (Å²) in [5.74, 6) is 0. The highest BCUT2D eigenvalue weighted by Gasteiger charge is 2.34. The van der Waals surface area contributed by atoms with Gasteiger partial charge in [-0.1, -0.05) is 35.4 Å². The van der Waals surface area contributed by atoms with Crippen LogP contribution in [0.15, 0.2) is 60.3 Å². The van der Waals surface area contributed by atoms with Crippen molar-refractivity contribution in [1.82, 2.24) is 0 Å². The molecule has 3 rings (SSSR count). The number of anilines is 1. The van der Waals surface area contributed by atoms with Crippen LogP contribution < -0.4 is 4.90 Å². The van der Waals surface area contributed by atoms with Crippen molar-refractivity contribution in [2.75, 3.05) is 4.90 Å². The van der Waals surface area contributed by atoms with Gasteiger partial charge in [0.15, 0.2) is 0 Å². The summed E-state index contributed by atoms with van der Waals surface area (Å²) in [6.07, 6.45) is 2.17. The number of amidine groups is 1. The van der Waals surface area contributed by atoms with Crippen molar-refractivity contribution in [3.05, 3.63) is 71.4 Å². The van der Waals surface area contributed by atoms with Gasteiger partial charge in [0.1, 0.15) is 23.1 Å². The molecular formula is C20H23N2O+. The smallest absolute Gasteiger partial charge is 0.446 e. The van der Waals surface area contributed by atoms with Crippen LogP contribution in [0.1, 0.15) is 25.0 Å². The molecule has 23 heavy (non-hydrogen) atoms. The molecule has 2 aromatic rings. The van der Waals surface area contributed by atoms with Crippen LogP contribution in [0.2, 0.25) is 0 Å². The van der Waals surface area contributed by atoms with Gasteiger partial charge in [-0.25, -0.2) is 0 Å². The van der Waals surface area contributed by atoms with Gasteiger partial charge < -0.3 is 5.11 Å². The molecule has 1 unspecified atom stereocenters. The highest BCUT2D eigenvalue weighted by atomic mass is 16.3. The molecule has 0 aliphatic carbocycles. The molecular weight excluding hydrogens is 284 g/mol. The molecule has 1 aliphatic rings. The van der Waals surface area contributed by atoms with Crippen LogP contribution >= 0.6 is 0 Å². The minimum Gasteiger partial charge on any atom is -0.446 e. The summed E-state index contributed by atoms with van der Waals surface area (Å²) in [7, 11) is 0. The predicted octanol–water partition coefficient (Wildman–Crippen LogP) is 4.67. The van der Waals surface area contributed by atoms with Crippen LogP contribution in [0.25, 0.3) is 0 Å². The molecule has 0 radical (unpaired) electrons. The van der Waals surface area contributed by atoms with Crippen LogP contribution in [0, 0.1) is 13.8 Å². The Labute approximate surface area is 137 Å². The molecule has 118 valence electrons. The lowest BCUT2D eigenvalue weighted by molar-refractivity contribution is -0.478. The SMILES string of the molecule is CC1=CC(C)[N+](c2ccc(C)cc2)=C(O)N1c1ccc(C)cc1. The highest BCUT2D eigenvalue weighted by molar-refractivity contribution is 5.91. The first-order chi connectivity index (χ1) is 11.0. The monoisotopic (exact) mass is 307 g/mol. The molecule has 0 aromatic heterocycles. The topological polar surface area (TPSA) is 26.5 Å². The van der Waals surface area contributed by atoms with Gasteiger partial charge in [-0.05, 0) is 52.0 Å². The first-order valence-electron chi connectivity index (χ1n) is 7.94. The molecule has 0 amide bonds.